The van der Waals surface area contributed by atoms with Crippen LogP contribution in [0.15, 0.2) is 12.3 Å². The molecule has 1 unspecified atom stereocenters. The first-order valence-corrected chi connectivity index (χ1v) is 4.57. The summed E-state index contributed by atoms with van der Waals surface area (Å²) in [5.74, 6) is 0. The molecule has 2 heterocycles. The Hall–Kier alpha value is -0.970. The molecule has 1 fully saturated rings. The molecular weight excluding hydrogens is 193 g/mol. The van der Waals surface area contributed by atoms with Gasteiger partial charge in [0.1, 0.15) is 0 Å². The summed E-state index contributed by atoms with van der Waals surface area (Å²) in [5, 5.41) is 3.04. The van der Waals surface area contributed by atoms with Gasteiger partial charge in [0, 0.05) is 17.9 Å². The predicted octanol–water partition coefficient (Wildman–Crippen LogP) is 2.46. The van der Waals surface area contributed by atoms with Gasteiger partial charge in [-0.3, -0.25) is 0 Å². The second-order valence-electron chi connectivity index (χ2n) is 3.45. The molecule has 1 saturated heterocycles. The zero-order valence-electron chi connectivity index (χ0n) is 7.49. The molecule has 2 rings (SSSR count). The van der Waals surface area contributed by atoms with Crippen molar-refractivity contribution in [3.8, 4) is 0 Å². The van der Waals surface area contributed by atoms with Crippen LogP contribution >= 0.6 is 0 Å². The Morgan fingerprint density at radius 2 is 2.14 bits per heavy atom. The van der Waals surface area contributed by atoms with Gasteiger partial charge in [-0.25, -0.2) is 0 Å². The molecule has 0 amide bonds. The van der Waals surface area contributed by atoms with Gasteiger partial charge in [0.15, 0.2) is 0 Å². The standard InChI is InChI=1S/C9H11F3N2/c10-9(11,12)6-3-5-14-8(6)7-2-1-4-13-7/h3,5,7,13-14H,1-2,4H2. The van der Waals surface area contributed by atoms with Crippen molar-refractivity contribution >= 4 is 0 Å². The quantitative estimate of drug-likeness (QED) is 0.722. The van der Waals surface area contributed by atoms with E-state index in [1.54, 1.807) is 0 Å². The molecule has 0 saturated carbocycles. The lowest BCUT2D eigenvalue weighted by Crippen LogP contribution is -2.17. The molecule has 0 aromatic carbocycles. The second kappa shape index (κ2) is 3.31. The zero-order chi connectivity index (χ0) is 10.2. The maximum atomic E-state index is 12.5. The van der Waals surface area contributed by atoms with Crippen LogP contribution in [0.5, 0.6) is 0 Å². The fourth-order valence-corrected chi connectivity index (χ4v) is 1.85. The van der Waals surface area contributed by atoms with E-state index in [1.165, 1.54) is 6.20 Å². The minimum atomic E-state index is -4.25. The van der Waals surface area contributed by atoms with E-state index in [0.717, 1.165) is 25.5 Å². The molecule has 0 bridgehead atoms. The minimum absolute atomic E-state index is 0.165. The number of aromatic nitrogens is 1. The van der Waals surface area contributed by atoms with Crippen molar-refractivity contribution in [2.24, 2.45) is 0 Å². The van der Waals surface area contributed by atoms with Crippen LogP contribution in [-0.2, 0) is 6.18 Å². The Bertz CT molecular complexity index is 310. The molecule has 0 spiro atoms. The average Bonchev–Trinajstić information content (AvgIpc) is 2.73. The summed E-state index contributed by atoms with van der Waals surface area (Å²) < 4.78 is 37.5. The van der Waals surface area contributed by atoms with E-state index in [0.29, 0.717) is 0 Å². The van der Waals surface area contributed by atoms with Crippen molar-refractivity contribution in [3.63, 3.8) is 0 Å². The van der Waals surface area contributed by atoms with Crippen LogP contribution in [-0.4, -0.2) is 11.5 Å². The third kappa shape index (κ3) is 1.64. The van der Waals surface area contributed by atoms with Crippen LogP contribution in [0.4, 0.5) is 13.2 Å². The molecule has 2 nitrogen and oxygen atoms in total. The number of nitrogens with one attached hydrogen (secondary N) is 2. The largest absolute Gasteiger partial charge is 0.418 e. The lowest BCUT2D eigenvalue weighted by atomic mass is 10.1. The number of aromatic amines is 1. The van der Waals surface area contributed by atoms with Gasteiger partial charge in [0.25, 0.3) is 0 Å². The average molecular weight is 204 g/mol. The summed E-state index contributed by atoms with van der Waals surface area (Å²) in [6, 6.07) is 0.927. The Labute approximate surface area is 79.5 Å². The molecule has 1 aliphatic rings. The van der Waals surface area contributed by atoms with Gasteiger partial charge in [-0.05, 0) is 25.5 Å². The fraction of sp³-hybridized carbons (Fsp3) is 0.556. The van der Waals surface area contributed by atoms with Gasteiger partial charge < -0.3 is 10.3 Å². The van der Waals surface area contributed by atoms with E-state index in [2.05, 4.69) is 10.3 Å². The van der Waals surface area contributed by atoms with Crippen molar-refractivity contribution in [3.05, 3.63) is 23.5 Å². The molecule has 0 radical (unpaired) electrons. The highest BCUT2D eigenvalue weighted by Gasteiger charge is 2.36. The Balaban J connectivity index is 2.29. The van der Waals surface area contributed by atoms with Gasteiger partial charge in [-0.15, -0.1) is 0 Å². The van der Waals surface area contributed by atoms with Crippen molar-refractivity contribution in [1.29, 1.82) is 0 Å². The fourth-order valence-electron chi connectivity index (χ4n) is 1.85. The topological polar surface area (TPSA) is 27.8 Å². The number of rotatable bonds is 1. The number of halogens is 3. The SMILES string of the molecule is FC(F)(F)c1cc[nH]c1C1CCCN1. The number of hydrogen-bond donors (Lipinski definition) is 2. The normalized spacial score (nSPS) is 22.9. The van der Waals surface area contributed by atoms with Crippen LogP contribution in [0.1, 0.15) is 30.1 Å². The van der Waals surface area contributed by atoms with E-state index < -0.39 is 11.7 Å². The Kier molecular flexibility index (Phi) is 2.26. The van der Waals surface area contributed by atoms with E-state index in [-0.39, 0.29) is 11.7 Å². The van der Waals surface area contributed by atoms with Crippen molar-refractivity contribution in [2.75, 3.05) is 6.54 Å². The van der Waals surface area contributed by atoms with Crippen LogP contribution < -0.4 is 5.32 Å². The van der Waals surface area contributed by atoms with Crippen LogP contribution in [0.2, 0.25) is 0 Å². The summed E-state index contributed by atoms with van der Waals surface area (Å²) in [7, 11) is 0. The lowest BCUT2D eigenvalue weighted by Gasteiger charge is -2.13. The molecule has 14 heavy (non-hydrogen) atoms. The van der Waals surface area contributed by atoms with Crippen LogP contribution in [0, 0.1) is 0 Å². The van der Waals surface area contributed by atoms with E-state index in [4.69, 9.17) is 0 Å². The molecule has 0 aliphatic carbocycles. The summed E-state index contributed by atoms with van der Waals surface area (Å²) in [5.41, 5.74) is -0.271. The third-order valence-electron chi connectivity index (χ3n) is 2.49. The van der Waals surface area contributed by atoms with Crippen LogP contribution in [0.25, 0.3) is 0 Å². The summed E-state index contributed by atoms with van der Waals surface area (Å²) in [4.78, 5) is 2.67. The van der Waals surface area contributed by atoms with Gasteiger partial charge in [-0.1, -0.05) is 0 Å². The number of hydrogen-bond acceptors (Lipinski definition) is 1. The highest BCUT2D eigenvalue weighted by Crippen LogP contribution is 2.36. The number of alkyl halides is 3. The van der Waals surface area contributed by atoms with E-state index in [1.807, 2.05) is 0 Å². The monoisotopic (exact) mass is 204 g/mol. The Morgan fingerprint density at radius 3 is 2.71 bits per heavy atom. The molecule has 1 aromatic rings. The summed E-state index contributed by atoms with van der Waals surface area (Å²) in [6.07, 6.45) is -1.21. The summed E-state index contributed by atoms with van der Waals surface area (Å²) >= 11 is 0. The smallest absolute Gasteiger partial charge is 0.363 e. The maximum absolute atomic E-state index is 12.5. The molecular formula is C9H11F3N2. The molecule has 5 heteroatoms. The first kappa shape index (κ1) is 9.58. The van der Waals surface area contributed by atoms with Gasteiger partial charge in [-0.2, -0.15) is 13.2 Å². The maximum Gasteiger partial charge on any atom is 0.418 e. The van der Waals surface area contributed by atoms with Crippen molar-refractivity contribution < 1.29 is 13.2 Å². The Morgan fingerprint density at radius 1 is 1.36 bits per heavy atom. The van der Waals surface area contributed by atoms with Crippen LogP contribution in [0.3, 0.4) is 0 Å². The van der Waals surface area contributed by atoms with Gasteiger partial charge in [0.2, 0.25) is 0 Å². The highest BCUT2D eigenvalue weighted by molar-refractivity contribution is 5.27. The minimum Gasteiger partial charge on any atom is -0.363 e. The molecule has 1 aromatic heterocycles. The van der Waals surface area contributed by atoms with Crippen molar-refractivity contribution in [2.45, 2.75) is 25.1 Å². The third-order valence-corrected chi connectivity index (χ3v) is 2.49. The molecule has 1 atom stereocenters. The van der Waals surface area contributed by atoms with Crippen molar-refractivity contribution in [1.82, 2.24) is 10.3 Å². The van der Waals surface area contributed by atoms with E-state index >= 15 is 0 Å². The first-order chi connectivity index (χ1) is 6.59. The lowest BCUT2D eigenvalue weighted by molar-refractivity contribution is -0.138. The predicted molar refractivity (Wildman–Crippen MR) is 45.8 cm³/mol. The zero-order valence-corrected chi connectivity index (χ0v) is 7.49. The highest BCUT2D eigenvalue weighted by atomic mass is 19.4. The molecule has 1 aliphatic heterocycles. The second-order valence-corrected chi connectivity index (χ2v) is 3.45. The van der Waals surface area contributed by atoms with Gasteiger partial charge in [0.05, 0.1) is 5.56 Å². The first-order valence-electron chi connectivity index (χ1n) is 4.57. The van der Waals surface area contributed by atoms with E-state index in [9.17, 15) is 13.2 Å². The number of H-pyrrole nitrogens is 1. The summed E-state index contributed by atoms with van der Waals surface area (Å²) in [6.45, 7) is 0.793. The molecule has 78 valence electrons. The van der Waals surface area contributed by atoms with Gasteiger partial charge >= 0.3 is 6.18 Å². The molecule has 2 N–H and O–H groups in total.